The predicted molar refractivity (Wildman–Crippen MR) is 303 cm³/mol. The summed E-state index contributed by atoms with van der Waals surface area (Å²) in [7, 11) is 0. The first-order valence-electron chi connectivity index (χ1n) is 23.9. The van der Waals surface area contributed by atoms with E-state index >= 15 is 0 Å². The largest absolute Gasteiger partial charge is 0.309 e. The van der Waals surface area contributed by atoms with Crippen LogP contribution < -0.4 is 0 Å². The minimum Gasteiger partial charge on any atom is -0.309 e. The topological polar surface area (TPSA) is 9.86 Å². The number of hydrogen-bond acceptors (Lipinski definition) is 2. The van der Waals surface area contributed by atoms with Crippen LogP contribution >= 0.6 is 22.7 Å². The second-order valence-electron chi connectivity index (χ2n) is 18.4. The summed E-state index contributed by atoms with van der Waals surface area (Å²) in [5, 5.41) is 10.2. The van der Waals surface area contributed by atoms with Crippen LogP contribution in [0, 0.1) is 0 Å². The van der Waals surface area contributed by atoms with Crippen LogP contribution in [0.3, 0.4) is 0 Å². The van der Waals surface area contributed by atoms with Crippen molar-refractivity contribution in [3.8, 4) is 55.9 Å². The number of hydrogen-bond donors (Lipinski definition) is 0. The third-order valence-electron chi connectivity index (χ3n) is 14.5. The average Bonchev–Trinajstić information content (AvgIpc) is 4.19. The van der Waals surface area contributed by atoms with Crippen molar-refractivity contribution in [2.45, 2.75) is 0 Å². The highest BCUT2D eigenvalue weighted by molar-refractivity contribution is 7.26. The summed E-state index contributed by atoms with van der Waals surface area (Å²) in [6.07, 6.45) is 0. The molecule has 4 heteroatoms. The Morgan fingerprint density at radius 2 is 0.643 bits per heavy atom. The summed E-state index contributed by atoms with van der Waals surface area (Å²) in [4.78, 5) is 0. The smallest absolute Gasteiger partial charge is 0.0541 e. The van der Waals surface area contributed by atoms with Crippen molar-refractivity contribution < 1.29 is 0 Å². The van der Waals surface area contributed by atoms with Crippen molar-refractivity contribution in [3.63, 3.8) is 0 Å². The maximum absolute atomic E-state index is 2.49. The number of rotatable bonds is 6. The lowest BCUT2D eigenvalue weighted by Gasteiger charge is -2.16. The van der Waals surface area contributed by atoms with Crippen LogP contribution in [0.15, 0.2) is 243 Å². The van der Waals surface area contributed by atoms with Crippen LogP contribution in [-0.2, 0) is 0 Å². The van der Waals surface area contributed by atoms with Gasteiger partial charge in [0.2, 0.25) is 0 Å². The van der Waals surface area contributed by atoms with Crippen molar-refractivity contribution in [1.82, 2.24) is 9.13 Å². The number of fused-ring (bicyclic) bond motifs is 12. The molecule has 0 atom stereocenters. The van der Waals surface area contributed by atoms with E-state index < -0.39 is 0 Å². The van der Waals surface area contributed by atoms with Gasteiger partial charge in [0.1, 0.15) is 0 Å². The molecule has 0 saturated carbocycles. The van der Waals surface area contributed by atoms with Gasteiger partial charge in [0, 0.05) is 73.3 Å². The maximum Gasteiger partial charge on any atom is 0.0541 e. The molecule has 0 fully saturated rings. The van der Waals surface area contributed by atoms with Gasteiger partial charge in [0.05, 0.1) is 22.1 Å². The zero-order valence-corrected chi connectivity index (χ0v) is 39.4. The molecule has 0 saturated heterocycles. The van der Waals surface area contributed by atoms with E-state index in [1.54, 1.807) is 0 Å². The van der Waals surface area contributed by atoms with Gasteiger partial charge in [-0.1, -0.05) is 170 Å². The molecule has 11 aromatic carbocycles. The van der Waals surface area contributed by atoms with Crippen LogP contribution in [-0.4, -0.2) is 9.13 Å². The summed E-state index contributed by atoms with van der Waals surface area (Å²) in [6.45, 7) is 0. The first-order chi connectivity index (χ1) is 34.7. The summed E-state index contributed by atoms with van der Waals surface area (Å²) >= 11 is 3.78. The lowest BCUT2D eigenvalue weighted by molar-refractivity contribution is 1.13. The molecule has 0 aliphatic heterocycles. The molecule has 2 nitrogen and oxygen atoms in total. The number of aromatic nitrogens is 2. The normalized spacial score (nSPS) is 12.0. The van der Waals surface area contributed by atoms with Gasteiger partial charge in [0.25, 0.3) is 0 Å². The highest BCUT2D eigenvalue weighted by atomic mass is 32.1. The molecule has 4 aromatic heterocycles. The Morgan fingerprint density at radius 1 is 0.229 bits per heavy atom. The Hall–Kier alpha value is -8.54. The maximum atomic E-state index is 2.49. The molecule has 0 radical (unpaired) electrons. The van der Waals surface area contributed by atoms with Gasteiger partial charge < -0.3 is 9.13 Å². The second kappa shape index (κ2) is 15.5. The quantitative estimate of drug-likeness (QED) is 0.157. The minimum atomic E-state index is 1.11. The number of thiophene rings is 2. The van der Waals surface area contributed by atoms with Crippen LogP contribution in [0.1, 0.15) is 0 Å². The summed E-state index contributed by atoms with van der Waals surface area (Å²) in [5.74, 6) is 0. The van der Waals surface area contributed by atoms with E-state index in [9.17, 15) is 0 Å². The van der Waals surface area contributed by atoms with Crippen LogP contribution in [0.4, 0.5) is 0 Å². The predicted octanol–water partition coefficient (Wildman–Crippen LogP) is 19.3. The van der Waals surface area contributed by atoms with E-state index in [1.165, 1.54) is 123 Å². The Labute approximate surface area is 411 Å². The molecule has 0 bridgehead atoms. The monoisotopic (exact) mass is 924 g/mol. The van der Waals surface area contributed by atoms with Gasteiger partial charge in [-0.25, -0.2) is 0 Å². The standard InChI is InChI=1S/C66H40N2S2/c1-2-15-41(16-3-1)42-17-12-18-43(35-42)46-36-47(67-59-27-8-4-19-51(59)57-38-44(31-33-61(57)67)49-23-13-25-55-53-21-6-10-29-63(53)69-65(49)55)40-48(37-46)68-60-28-9-5-20-52(60)58-39-45(32-34-62(58)68)50-24-14-26-56-54-22-7-11-30-64(54)70-66(50)56/h1-40H. The Bertz CT molecular complexity index is 4350. The zero-order chi connectivity index (χ0) is 45.9. The fourth-order valence-electron chi connectivity index (χ4n) is 11.3. The van der Waals surface area contributed by atoms with Gasteiger partial charge in [-0.2, -0.15) is 0 Å². The highest BCUT2D eigenvalue weighted by Crippen LogP contribution is 2.45. The molecule has 0 aliphatic rings. The molecule has 0 spiro atoms. The van der Waals surface area contributed by atoms with E-state index in [0.717, 1.165) is 16.9 Å². The third-order valence-corrected chi connectivity index (χ3v) is 16.9. The number of para-hydroxylation sites is 2. The van der Waals surface area contributed by atoms with Crippen molar-refractivity contribution in [2.24, 2.45) is 0 Å². The molecule has 0 aliphatic carbocycles. The van der Waals surface area contributed by atoms with Crippen molar-refractivity contribution in [3.05, 3.63) is 243 Å². The lowest BCUT2D eigenvalue weighted by Crippen LogP contribution is -2.00. The van der Waals surface area contributed by atoms with Crippen molar-refractivity contribution in [2.75, 3.05) is 0 Å². The van der Waals surface area contributed by atoms with E-state index in [4.69, 9.17) is 0 Å². The van der Waals surface area contributed by atoms with Gasteiger partial charge in [-0.05, 0) is 117 Å². The summed E-state index contributed by atoms with van der Waals surface area (Å²) in [5.41, 5.74) is 16.7. The number of benzene rings is 11. The van der Waals surface area contributed by atoms with E-state index in [-0.39, 0.29) is 0 Å². The first kappa shape index (κ1) is 39.5. The summed E-state index contributed by atoms with van der Waals surface area (Å²) < 4.78 is 10.3. The Balaban J connectivity index is 0.962. The minimum absolute atomic E-state index is 1.11. The number of nitrogens with zero attached hydrogens (tertiary/aromatic N) is 2. The lowest BCUT2D eigenvalue weighted by atomic mass is 9.98. The second-order valence-corrected chi connectivity index (χ2v) is 20.5. The fourth-order valence-corrected chi connectivity index (χ4v) is 13.8. The summed E-state index contributed by atoms with van der Waals surface area (Å²) in [6, 6.07) is 90.1. The van der Waals surface area contributed by atoms with E-state index in [1.807, 2.05) is 22.7 Å². The van der Waals surface area contributed by atoms with Gasteiger partial charge in [0.15, 0.2) is 0 Å². The average molecular weight is 925 g/mol. The van der Waals surface area contributed by atoms with Crippen LogP contribution in [0.2, 0.25) is 0 Å². The van der Waals surface area contributed by atoms with Crippen molar-refractivity contribution in [1.29, 1.82) is 0 Å². The highest BCUT2D eigenvalue weighted by Gasteiger charge is 2.20. The molecular weight excluding hydrogens is 885 g/mol. The molecule has 15 rings (SSSR count). The molecule has 326 valence electrons. The molecule has 15 aromatic rings. The molecule has 0 unspecified atom stereocenters. The van der Waals surface area contributed by atoms with Gasteiger partial charge >= 0.3 is 0 Å². The molecule has 70 heavy (non-hydrogen) atoms. The van der Waals surface area contributed by atoms with Crippen molar-refractivity contribution >= 4 is 107 Å². The zero-order valence-electron chi connectivity index (χ0n) is 37.8. The van der Waals surface area contributed by atoms with E-state index in [2.05, 4.69) is 252 Å². The first-order valence-corrected chi connectivity index (χ1v) is 25.5. The fraction of sp³-hybridized carbons (Fsp3) is 0. The van der Waals surface area contributed by atoms with Gasteiger partial charge in [-0.3, -0.25) is 0 Å². The van der Waals surface area contributed by atoms with Gasteiger partial charge in [-0.15, -0.1) is 22.7 Å². The Morgan fingerprint density at radius 3 is 1.19 bits per heavy atom. The Kier molecular flexibility index (Phi) is 8.73. The molecule has 4 heterocycles. The molecule has 0 N–H and O–H groups in total. The third kappa shape index (κ3) is 6.04. The molecular formula is C66H40N2S2. The van der Waals surface area contributed by atoms with E-state index in [0.29, 0.717) is 0 Å². The SMILES string of the molecule is c1ccc(-c2cccc(-c3cc(-n4c5ccccc5c5cc(-c6cccc7c6sc6ccccc67)ccc54)cc(-n4c5ccccc5c5cc(-c6cccc7c6sc6ccccc67)ccc54)c3)c2)cc1. The van der Waals surface area contributed by atoms with Crippen LogP contribution in [0.5, 0.6) is 0 Å². The van der Waals surface area contributed by atoms with Crippen LogP contribution in [0.25, 0.3) is 140 Å². The molecule has 0 amide bonds.